The van der Waals surface area contributed by atoms with Crippen LogP contribution < -0.4 is 5.48 Å². The molecule has 0 amide bonds. The molecule has 1 saturated carbocycles. The summed E-state index contributed by atoms with van der Waals surface area (Å²) in [5.74, 6) is 0.718. The van der Waals surface area contributed by atoms with E-state index in [1.54, 1.807) is 0 Å². The zero-order valence-corrected chi connectivity index (χ0v) is 10.8. The molecule has 1 fully saturated rings. The molecule has 1 aromatic carbocycles. The second kappa shape index (κ2) is 7.52. The van der Waals surface area contributed by atoms with Crippen LogP contribution in [-0.2, 0) is 11.4 Å². The molecule has 1 atom stereocenters. The van der Waals surface area contributed by atoms with E-state index in [9.17, 15) is 5.11 Å². The third kappa shape index (κ3) is 4.77. The Morgan fingerprint density at radius 1 is 1.22 bits per heavy atom. The van der Waals surface area contributed by atoms with Gasteiger partial charge in [0.25, 0.3) is 0 Å². The molecule has 0 spiro atoms. The molecule has 2 rings (SSSR count). The average Bonchev–Trinajstić information content (AvgIpc) is 2.89. The maximum Gasteiger partial charge on any atom is 0.0933 e. The molecule has 0 heterocycles. The summed E-state index contributed by atoms with van der Waals surface area (Å²) >= 11 is 0. The maximum absolute atomic E-state index is 9.86. The van der Waals surface area contributed by atoms with Gasteiger partial charge in [-0.05, 0) is 17.9 Å². The van der Waals surface area contributed by atoms with E-state index in [0.29, 0.717) is 13.2 Å². The molecule has 2 N–H and O–H groups in total. The van der Waals surface area contributed by atoms with Crippen molar-refractivity contribution in [2.24, 2.45) is 5.92 Å². The zero-order valence-electron chi connectivity index (χ0n) is 10.8. The lowest BCUT2D eigenvalue weighted by Crippen LogP contribution is -2.28. The smallest absolute Gasteiger partial charge is 0.0933 e. The zero-order chi connectivity index (χ0) is 12.6. The molecule has 0 aliphatic heterocycles. The van der Waals surface area contributed by atoms with E-state index >= 15 is 0 Å². The fourth-order valence-electron chi connectivity index (χ4n) is 2.58. The lowest BCUT2D eigenvalue weighted by Gasteiger charge is -2.15. The molecule has 0 bridgehead atoms. The quantitative estimate of drug-likeness (QED) is 0.576. The van der Waals surface area contributed by atoms with E-state index in [-0.39, 0.29) is 6.10 Å². The van der Waals surface area contributed by atoms with Crippen LogP contribution in [0.5, 0.6) is 0 Å². The largest absolute Gasteiger partial charge is 0.392 e. The van der Waals surface area contributed by atoms with Gasteiger partial charge in [-0.25, -0.2) is 0 Å². The number of hydrogen-bond acceptors (Lipinski definition) is 3. The van der Waals surface area contributed by atoms with Crippen molar-refractivity contribution in [2.75, 3.05) is 6.54 Å². The van der Waals surface area contributed by atoms with Gasteiger partial charge in [0.2, 0.25) is 0 Å². The molecule has 0 saturated heterocycles. The first-order chi connectivity index (χ1) is 8.84. The van der Waals surface area contributed by atoms with Crippen molar-refractivity contribution in [1.29, 1.82) is 0 Å². The van der Waals surface area contributed by atoms with E-state index in [1.165, 1.54) is 25.7 Å². The molecular formula is C15H23NO2. The molecule has 1 unspecified atom stereocenters. The molecule has 0 radical (unpaired) electrons. The molecule has 1 aliphatic rings. The first kappa shape index (κ1) is 13.5. The lowest BCUT2D eigenvalue weighted by molar-refractivity contribution is -0.00116. The Balaban J connectivity index is 1.54. The van der Waals surface area contributed by atoms with Gasteiger partial charge in [-0.15, -0.1) is 0 Å². The third-order valence-corrected chi connectivity index (χ3v) is 3.58. The number of benzene rings is 1. The van der Waals surface area contributed by atoms with E-state index in [2.05, 4.69) is 5.48 Å². The van der Waals surface area contributed by atoms with Gasteiger partial charge in [-0.3, -0.25) is 4.84 Å². The fourth-order valence-corrected chi connectivity index (χ4v) is 2.58. The van der Waals surface area contributed by atoms with Crippen molar-refractivity contribution in [2.45, 2.75) is 44.8 Å². The second-order valence-corrected chi connectivity index (χ2v) is 5.16. The molecule has 18 heavy (non-hydrogen) atoms. The molecule has 3 nitrogen and oxygen atoms in total. The standard InChI is InChI=1S/C15H23NO2/c17-15(10-13-6-4-5-7-13)11-16-18-12-14-8-2-1-3-9-14/h1-3,8-9,13,15-17H,4-7,10-12H2. The predicted molar refractivity (Wildman–Crippen MR) is 71.8 cm³/mol. The highest BCUT2D eigenvalue weighted by Crippen LogP contribution is 2.28. The van der Waals surface area contributed by atoms with Crippen LogP contribution in [0, 0.1) is 5.92 Å². The van der Waals surface area contributed by atoms with Gasteiger partial charge in [0.05, 0.1) is 12.7 Å². The number of rotatable bonds is 7. The third-order valence-electron chi connectivity index (χ3n) is 3.58. The van der Waals surface area contributed by atoms with Gasteiger partial charge < -0.3 is 5.11 Å². The van der Waals surface area contributed by atoms with Crippen LogP contribution in [-0.4, -0.2) is 17.8 Å². The van der Waals surface area contributed by atoms with Gasteiger partial charge >= 0.3 is 0 Å². The minimum atomic E-state index is -0.288. The number of hydrogen-bond donors (Lipinski definition) is 2. The Kier molecular flexibility index (Phi) is 5.65. The second-order valence-electron chi connectivity index (χ2n) is 5.16. The minimum Gasteiger partial charge on any atom is -0.392 e. The summed E-state index contributed by atoms with van der Waals surface area (Å²) in [7, 11) is 0. The van der Waals surface area contributed by atoms with Crippen LogP contribution in [0.4, 0.5) is 0 Å². The summed E-state index contributed by atoms with van der Waals surface area (Å²) in [6, 6.07) is 10.0. The number of hydroxylamine groups is 1. The Hall–Kier alpha value is -0.900. The Labute approximate surface area is 109 Å². The van der Waals surface area contributed by atoms with Crippen molar-refractivity contribution in [3.05, 3.63) is 35.9 Å². The first-order valence-corrected chi connectivity index (χ1v) is 6.91. The van der Waals surface area contributed by atoms with Crippen molar-refractivity contribution < 1.29 is 9.94 Å². The average molecular weight is 249 g/mol. The summed E-state index contributed by atoms with van der Waals surface area (Å²) in [5.41, 5.74) is 3.99. The highest BCUT2D eigenvalue weighted by molar-refractivity contribution is 5.13. The molecule has 0 aromatic heterocycles. The molecule has 1 aromatic rings. The minimum absolute atomic E-state index is 0.288. The SMILES string of the molecule is OC(CNOCc1ccccc1)CC1CCCC1. The van der Waals surface area contributed by atoms with Gasteiger partial charge in [0, 0.05) is 6.54 Å². The van der Waals surface area contributed by atoms with Crippen LogP contribution in [0.25, 0.3) is 0 Å². The van der Waals surface area contributed by atoms with E-state index in [0.717, 1.165) is 17.9 Å². The Morgan fingerprint density at radius 2 is 1.94 bits per heavy atom. The summed E-state index contributed by atoms with van der Waals surface area (Å²) < 4.78 is 0. The summed E-state index contributed by atoms with van der Waals surface area (Å²) in [6.07, 6.45) is 5.83. The van der Waals surface area contributed by atoms with Crippen LogP contribution in [0.15, 0.2) is 30.3 Å². The Bertz CT molecular complexity index is 323. The van der Waals surface area contributed by atoms with E-state index in [4.69, 9.17) is 4.84 Å². The summed E-state index contributed by atoms with van der Waals surface area (Å²) in [6.45, 7) is 1.06. The van der Waals surface area contributed by atoms with Gasteiger partial charge in [0.15, 0.2) is 0 Å². The number of nitrogens with one attached hydrogen (secondary N) is 1. The van der Waals surface area contributed by atoms with Crippen molar-refractivity contribution in [3.63, 3.8) is 0 Å². The highest BCUT2D eigenvalue weighted by Gasteiger charge is 2.18. The van der Waals surface area contributed by atoms with E-state index in [1.807, 2.05) is 30.3 Å². The fraction of sp³-hybridized carbons (Fsp3) is 0.600. The molecular weight excluding hydrogens is 226 g/mol. The van der Waals surface area contributed by atoms with E-state index < -0.39 is 0 Å². The number of aliphatic hydroxyl groups is 1. The van der Waals surface area contributed by atoms with Crippen LogP contribution in [0.2, 0.25) is 0 Å². The molecule has 100 valence electrons. The first-order valence-electron chi connectivity index (χ1n) is 6.91. The van der Waals surface area contributed by atoms with Crippen molar-refractivity contribution in [1.82, 2.24) is 5.48 Å². The van der Waals surface area contributed by atoms with Gasteiger partial charge in [-0.1, -0.05) is 56.0 Å². The van der Waals surface area contributed by atoms with Crippen LogP contribution in [0.3, 0.4) is 0 Å². The Morgan fingerprint density at radius 3 is 2.67 bits per heavy atom. The molecule has 1 aliphatic carbocycles. The van der Waals surface area contributed by atoms with Crippen LogP contribution >= 0.6 is 0 Å². The van der Waals surface area contributed by atoms with Gasteiger partial charge in [-0.2, -0.15) is 5.48 Å². The summed E-state index contributed by atoms with van der Waals surface area (Å²) in [4.78, 5) is 5.34. The normalized spacial score (nSPS) is 18.1. The predicted octanol–water partition coefficient (Wildman–Crippen LogP) is 2.65. The van der Waals surface area contributed by atoms with Crippen LogP contribution in [0.1, 0.15) is 37.7 Å². The lowest BCUT2D eigenvalue weighted by atomic mass is 10.0. The highest BCUT2D eigenvalue weighted by atomic mass is 16.6. The topological polar surface area (TPSA) is 41.5 Å². The maximum atomic E-state index is 9.86. The monoisotopic (exact) mass is 249 g/mol. The van der Waals surface area contributed by atoms with Crippen molar-refractivity contribution in [3.8, 4) is 0 Å². The number of aliphatic hydroxyl groups excluding tert-OH is 1. The summed E-state index contributed by atoms with van der Waals surface area (Å²) in [5, 5.41) is 9.86. The van der Waals surface area contributed by atoms with Crippen molar-refractivity contribution >= 4 is 0 Å². The molecule has 3 heteroatoms. The van der Waals surface area contributed by atoms with Gasteiger partial charge in [0.1, 0.15) is 0 Å².